The van der Waals surface area contributed by atoms with Gasteiger partial charge >= 0.3 is 0 Å². The van der Waals surface area contributed by atoms with Crippen LogP contribution in [0.4, 0.5) is 0 Å². The molecule has 2 aromatic carbocycles. The van der Waals surface area contributed by atoms with Crippen LogP contribution < -0.4 is 20.3 Å². The van der Waals surface area contributed by atoms with Gasteiger partial charge in [0.25, 0.3) is 5.56 Å². The highest BCUT2D eigenvalue weighted by molar-refractivity contribution is 5.77. The van der Waals surface area contributed by atoms with Crippen molar-refractivity contribution in [1.82, 2.24) is 15.3 Å². The Morgan fingerprint density at radius 3 is 2.84 bits per heavy atom. The molecule has 6 heteroatoms. The average Bonchev–Trinajstić information content (AvgIpc) is 2.66. The number of ether oxygens (including phenoxy) is 2. The van der Waals surface area contributed by atoms with Crippen molar-refractivity contribution in [3.63, 3.8) is 0 Å². The van der Waals surface area contributed by atoms with Crippen LogP contribution in [0.15, 0.2) is 47.3 Å². The maximum absolute atomic E-state index is 12.1. The third kappa shape index (κ3) is 3.21. The molecule has 0 fully saturated rings. The van der Waals surface area contributed by atoms with Gasteiger partial charge in [-0.15, -0.1) is 0 Å². The van der Waals surface area contributed by atoms with E-state index in [-0.39, 0.29) is 11.6 Å². The largest absolute Gasteiger partial charge is 0.486 e. The van der Waals surface area contributed by atoms with E-state index in [9.17, 15) is 4.79 Å². The first-order valence-electron chi connectivity index (χ1n) is 8.31. The van der Waals surface area contributed by atoms with Gasteiger partial charge in [0.05, 0.1) is 17.4 Å². The van der Waals surface area contributed by atoms with E-state index in [1.54, 1.807) is 6.07 Å². The first kappa shape index (κ1) is 15.7. The quantitative estimate of drug-likeness (QED) is 0.765. The van der Waals surface area contributed by atoms with Gasteiger partial charge in [-0.1, -0.05) is 18.2 Å². The summed E-state index contributed by atoms with van der Waals surface area (Å²) in [6.45, 7) is 3.68. The zero-order valence-electron chi connectivity index (χ0n) is 13.9. The van der Waals surface area contributed by atoms with Crippen molar-refractivity contribution in [2.24, 2.45) is 0 Å². The monoisotopic (exact) mass is 337 g/mol. The van der Waals surface area contributed by atoms with Gasteiger partial charge in [-0.2, -0.15) is 0 Å². The van der Waals surface area contributed by atoms with E-state index in [2.05, 4.69) is 22.2 Å². The molecule has 1 aromatic heterocycles. The zero-order valence-corrected chi connectivity index (χ0v) is 13.9. The van der Waals surface area contributed by atoms with Crippen LogP contribution in [0.1, 0.15) is 24.4 Å². The molecule has 1 atom stereocenters. The molecule has 25 heavy (non-hydrogen) atoms. The lowest BCUT2D eigenvalue weighted by Gasteiger charge is -2.21. The Hall–Kier alpha value is -2.86. The fraction of sp³-hybridized carbons (Fsp3) is 0.263. The molecule has 1 aliphatic heterocycles. The summed E-state index contributed by atoms with van der Waals surface area (Å²) < 4.78 is 11.2. The summed E-state index contributed by atoms with van der Waals surface area (Å²) in [4.78, 5) is 19.5. The molecule has 0 unspecified atom stereocenters. The average molecular weight is 337 g/mol. The highest BCUT2D eigenvalue weighted by Crippen LogP contribution is 2.32. The van der Waals surface area contributed by atoms with E-state index in [4.69, 9.17) is 9.47 Å². The standard InChI is InChI=1S/C19H19N3O3/c1-12(13-6-7-16-17(10-13)25-9-8-24-16)20-11-18-21-15-5-3-2-4-14(15)19(23)22-18/h2-7,10,12,20H,8-9,11H2,1H3,(H,21,22,23)/t12-/m0/s1. The molecule has 0 bridgehead atoms. The van der Waals surface area contributed by atoms with Crippen molar-refractivity contribution >= 4 is 10.9 Å². The van der Waals surface area contributed by atoms with E-state index in [1.165, 1.54) is 0 Å². The first-order chi connectivity index (χ1) is 12.2. The number of fused-ring (bicyclic) bond motifs is 2. The number of rotatable bonds is 4. The van der Waals surface area contributed by atoms with Gasteiger partial charge in [-0.3, -0.25) is 4.79 Å². The maximum atomic E-state index is 12.1. The number of hydrogen-bond acceptors (Lipinski definition) is 5. The summed E-state index contributed by atoms with van der Waals surface area (Å²) in [6, 6.07) is 13.3. The predicted octanol–water partition coefficient (Wildman–Crippen LogP) is 2.55. The van der Waals surface area contributed by atoms with Crippen LogP contribution in [0.3, 0.4) is 0 Å². The lowest BCUT2D eigenvalue weighted by molar-refractivity contribution is 0.171. The molecule has 4 rings (SSSR count). The molecule has 0 radical (unpaired) electrons. The topological polar surface area (TPSA) is 76.2 Å². The lowest BCUT2D eigenvalue weighted by Crippen LogP contribution is -2.22. The van der Waals surface area contributed by atoms with E-state index in [1.807, 2.05) is 36.4 Å². The smallest absolute Gasteiger partial charge is 0.258 e. The highest BCUT2D eigenvalue weighted by Gasteiger charge is 2.14. The summed E-state index contributed by atoms with van der Waals surface area (Å²) in [5, 5.41) is 3.99. The molecule has 2 N–H and O–H groups in total. The van der Waals surface area contributed by atoms with E-state index >= 15 is 0 Å². The molecule has 0 saturated carbocycles. The molecular weight excluding hydrogens is 318 g/mol. The Morgan fingerprint density at radius 2 is 1.96 bits per heavy atom. The van der Waals surface area contributed by atoms with Crippen LogP contribution in [0.25, 0.3) is 10.9 Å². The number of hydrogen-bond donors (Lipinski definition) is 2. The summed E-state index contributed by atoms with van der Waals surface area (Å²) in [5.74, 6) is 2.17. The first-order valence-corrected chi connectivity index (χ1v) is 8.31. The summed E-state index contributed by atoms with van der Waals surface area (Å²) in [7, 11) is 0. The maximum Gasteiger partial charge on any atom is 0.258 e. The molecule has 6 nitrogen and oxygen atoms in total. The van der Waals surface area contributed by atoms with Crippen molar-refractivity contribution in [2.75, 3.05) is 13.2 Å². The number of benzene rings is 2. The zero-order chi connectivity index (χ0) is 17.2. The van der Waals surface area contributed by atoms with Crippen LogP contribution in [-0.2, 0) is 6.54 Å². The van der Waals surface area contributed by atoms with Gasteiger partial charge in [-0.25, -0.2) is 4.98 Å². The summed E-state index contributed by atoms with van der Waals surface area (Å²) in [6.07, 6.45) is 0. The van der Waals surface area contributed by atoms with Gasteiger partial charge < -0.3 is 19.8 Å². The van der Waals surface area contributed by atoms with Crippen molar-refractivity contribution < 1.29 is 9.47 Å². The second-order valence-corrected chi connectivity index (χ2v) is 6.04. The second kappa shape index (κ2) is 6.57. The normalized spacial score (nSPS) is 14.4. The molecule has 0 spiro atoms. The summed E-state index contributed by atoms with van der Waals surface area (Å²) in [5.41, 5.74) is 1.68. The predicted molar refractivity (Wildman–Crippen MR) is 95.1 cm³/mol. The third-order valence-corrected chi connectivity index (χ3v) is 4.30. The van der Waals surface area contributed by atoms with E-state index < -0.39 is 0 Å². The Balaban J connectivity index is 1.50. The Bertz CT molecular complexity index is 968. The number of aromatic amines is 1. The van der Waals surface area contributed by atoms with Gasteiger partial charge in [0, 0.05) is 6.04 Å². The second-order valence-electron chi connectivity index (χ2n) is 6.04. The number of para-hydroxylation sites is 1. The van der Waals surface area contributed by atoms with Gasteiger partial charge in [0.15, 0.2) is 11.5 Å². The molecular formula is C19H19N3O3. The number of H-pyrrole nitrogens is 1. The molecule has 2 heterocycles. The van der Waals surface area contributed by atoms with Gasteiger partial charge in [-0.05, 0) is 36.8 Å². The SMILES string of the molecule is C[C@H](NCc1nc2ccccc2c(=O)[nH]1)c1ccc2c(c1)OCCO2. The third-order valence-electron chi connectivity index (χ3n) is 4.30. The number of aromatic nitrogens is 2. The van der Waals surface area contributed by atoms with Crippen LogP contribution >= 0.6 is 0 Å². The molecule has 128 valence electrons. The van der Waals surface area contributed by atoms with Crippen molar-refractivity contribution in [3.05, 3.63) is 64.2 Å². The fourth-order valence-electron chi connectivity index (χ4n) is 2.92. The fourth-order valence-corrected chi connectivity index (χ4v) is 2.92. The summed E-state index contributed by atoms with van der Waals surface area (Å²) >= 11 is 0. The number of nitrogens with one attached hydrogen (secondary N) is 2. The minimum atomic E-state index is -0.116. The molecule has 0 saturated heterocycles. The van der Waals surface area contributed by atoms with Gasteiger partial charge in [0.1, 0.15) is 19.0 Å². The van der Waals surface area contributed by atoms with Crippen LogP contribution in [0.2, 0.25) is 0 Å². The Kier molecular flexibility index (Phi) is 4.11. The number of nitrogens with zero attached hydrogens (tertiary/aromatic N) is 1. The van der Waals surface area contributed by atoms with E-state index in [0.717, 1.165) is 17.1 Å². The van der Waals surface area contributed by atoms with Crippen molar-refractivity contribution in [1.29, 1.82) is 0 Å². The Morgan fingerprint density at radius 1 is 1.16 bits per heavy atom. The van der Waals surface area contributed by atoms with E-state index in [0.29, 0.717) is 36.5 Å². The van der Waals surface area contributed by atoms with Crippen molar-refractivity contribution in [3.8, 4) is 11.5 Å². The highest BCUT2D eigenvalue weighted by atomic mass is 16.6. The van der Waals surface area contributed by atoms with Crippen LogP contribution in [0, 0.1) is 0 Å². The van der Waals surface area contributed by atoms with Crippen LogP contribution in [0.5, 0.6) is 11.5 Å². The lowest BCUT2D eigenvalue weighted by atomic mass is 10.1. The van der Waals surface area contributed by atoms with Gasteiger partial charge in [0.2, 0.25) is 0 Å². The molecule has 3 aromatic rings. The molecule has 1 aliphatic rings. The minimum Gasteiger partial charge on any atom is -0.486 e. The molecule has 0 amide bonds. The minimum absolute atomic E-state index is 0.0765. The Labute approximate surface area is 144 Å². The molecule has 0 aliphatic carbocycles. The van der Waals surface area contributed by atoms with Crippen LogP contribution in [-0.4, -0.2) is 23.2 Å². The van der Waals surface area contributed by atoms with Crippen molar-refractivity contribution in [2.45, 2.75) is 19.5 Å².